The number of fused-ring (bicyclic) bond motifs is 1. The summed E-state index contributed by atoms with van der Waals surface area (Å²) in [5.74, 6) is 0.809. The Labute approximate surface area is 167 Å². The van der Waals surface area contributed by atoms with Crippen molar-refractivity contribution in [3.05, 3.63) is 60.2 Å². The van der Waals surface area contributed by atoms with Crippen molar-refractivity contribution in [1.29, 1.82) is 0 Å². The second-order valence-electron chi connectivity index (χ2n) is 6.58. The summed E-state index contributed by atoms with van der Waals surface area (Å²) in [6.07, 6.45) is 10.1. The number of Topliss-reactive ketones (excluding diaryl/α,β-unsaturated/α-hetero) is 1. The normalized spacial score (nSPS) is 13.6. The number of nitrogens with zero attached hydrogens (tertiary/aromatic N) is 3. The maximum atomic E-state index is 12.7. The first-order valence-electron chi connectivity index (χ1n) is 9.00. The Morgan fingerprint density at radius 2 is 2.15 bits per heavy atom. The SMILES string of the molecule is O=C(CCSC(=S)NCc1cccnc1)c1cn(C2CC2)c2ncccc12. The fourth-order valence-corrected chi connectivity index (χ4v) is 4.00. The lowest BCUT2D eigenvalue weighted by atomic mass is 10.1. The van der Waals surface area contributed by atoms with Crippen molar-refractivity contribution >= 4 is 45.1 Å². The predicted molar refractivity (Wildman–Crippen MR) is 113 cm³/mol. The second kappa shape index (κ2) is 8.19. The molecule has 5 nitrogen and oxygen atoms in total. The van der Waals surface area contributed by atoms with E-state index in [1.54, 1.807) is 12.4 Å². The molecular weight excluding hydrogens is 376 g/mol. The van der Waals surface area contributed by atoms with Gasteiger partial charge in [-0.2, -0.15) is 0 Å². The summed E-state index contributed by atoms with van der Waals surface area (Å²) in [5.41, 5.74) is 2.78. The van der Waals surface area contributed by atoms with Crippen LogP contribution in [0.15, 0.2) is 49.1 Å². The second-order valence-corrected chi connectivity index (χ2v) is 8.35. The van der Waals surface area contributed by atoms with E-state index in [-0.39, 0.29) is 5.78 Å². The van der Waals surface area contributed by atoms with Crippen molar-refractivity contribution in [2.75, 3.05) is 5.75 Å². The minimum atomic E-state index is 0.148. The molecule has 1 aliphatic rings. The number of aromatic nitrogens is 3. The summed E-state index contributed by atoms with van der Waals surface area (Å²) in [6.45, 7) is 0.647. The van der Waals surface area contributed by atoms with Crippen molar-refractivity contribution in [1.82, 2.24) is 19.9 Å². The van der Waals surface area contributed by atoms with Crippen LogP contribution in [-0.2, 0) is 6.54 Å². The number of carbonyl (C=O) groups is 1. The number of carbonyl (C=O) groups excluding carboxylic acids is 1. The van der Waals surface area contributed by atoms with Crippen LogP contribution in [0, 0.1) is 0 Å². The van der Waals surface area contributed by atoms with Crippen molar-refractivity contribution in [3.8, 4) is 0 Å². The van der Waals surface area contributed by atoms with Gasteiger partial charge in [-0.3, -0.25) is 9.78 Å². The number of hydrogen-bond acceptors (Lipinski definition) is 5. The van der Waals surface area contributed by atoms with Crippen LogP contribution in [0.1, 0.15) is 41.2 Å². The van der Waals surface area contributed by atoms with Gasteiger partial charge >= 0.3 is 0 Å². The Morgan fingerprint density at radius 1 is 1.30 bits per heavy atom. The van der Waals surface area contributed by atoms with Crippen LogP contribution in [0.25, 0.3) is 11.0 Å². The van der Waals surface area contributed by atoms with Crippen LogP contribution >= 0.6 is 24.0 Å². The molecule has 1 saturated carbocycles. The Balaban J connectivity index is 1.32. The highest BCUT2D eigenvalue weighted by atomic mass is 32.2. The van der Waals surface area contributed by atoms with E-state index in [2.05, 4.69) is 19.9 Å². The molecule has 1 N–H and O–H groups in total. The lowest BCUT2D eigenvalue weighted by Gasteiger charge is -2.07. The Hall–Kier alpha value is -2.25. The lowest BCUT2D eigenvalue weighted by Crippen LogP contribution is -2.18. The third-order valence-electron chi connectivity index (χ3n) is 4.55. The van der Waals surface area contributed by atoms with Gasteiger partial charge in [0, 0.05) is 60.5 Å². The molecule has 0 amide bonds. The predicted octanol–water partition coefficient (Wildman–Crippen LogP) is 4.15. The summed E-state index contributed by atoms with van der Waals surface area (Å²) in [4.78, 5) is 21.3. The van der Waals surface area contributed by atoms with Crippen LogP contribution < -0.4 is 5.32 Å². The molecule has 4 rings (SSSR count). The summed E-state index contributed by atoms with van der Waals surface area (Å²) in [6, 6.07) is 8.28. The number of nitrogens with one attached hydrogen (secondary N) is 1. The number of hydrogen-bond donors (Lipinski definition) is 1. The van der Waals surface area contributed by atoms with Crippen LogP contribution in [0.2, 0.25) is 0 Å². The number of ketones is 1. The molecule has 0 unspecified atom stereocenters. The molecule has 0 aromatic carbocycles. The molecule has 0 spiro atoms. The monoisotopic (exact) mass is 396 g/mol. The average molecular weight is 397 g/mol. The standard InChI is InChI=1S/C20H20N4OS2/c25-18(7-10-27-20(26)23-12-14-3-1-8-21-11-14)17-13-24(15-5-6-15)19-16(17)4-2-9-22-19/h1-4,8-9,11,13,15H,5-7,10,12H2,(H,23,26). The minimum absolute atomic E-state index is 0.148. The zero-order chi connectivity index (χ0) is 18.6. The van der Waals surface area contributed by atoms with E-state index < -0.39 is 0 Å². The van der Waals surface area contributed by atoms with E-state index in [1.807, 2.05) is 36.7 Å². The van der Waals surface area contributed by atoms with Gasteiger partial charge < -0.3 is 9.88 Å². The molecule has 138 valence electrons. The third kappa shape index (κ3) is 4.36. The zero-order valence-corrected chi connectivity index (χ0v) is 16.4. The van der Waals surface area contributed by atoms with Gasteiger partial charge in [-0.15, -0.1) is 0 Å². The molecule has 3 aromatic heterocycles. The summed E-state index contributed by atoms with van der Waals surface area (Å²) in [7, 11) is 0. The molecule has 1 aliphatic carbocycles. The van der Waals surface area contributed by atoms with Crippen LogP contribution in [-0.4, -0.2) is 30.4 Å². The van der Waals surface area contributed by atoms with Gasteiger partial charge in [0.25, 0.3) is 0 Å². The Bertz CT molecular complexity index is 967. The fraction of sp³-hybridized carbons (Fsp3) is 0.300. The number of pyridine rings is 2. The zero-order valence-electron chi connectivity index (χ0n) is 14.8. The topological polar surface area (TPSA) is 59.8 Å². The van der Waals surface area contributed by atoms with E-state index in [9.17, 15) is 4.79 Å². The van der Waals surface area contributed by atoms with Crippen molar-refractivity contribution in [2.24, 2.45) is 0 Å². The molecule has 7 heteroatoms. The summed E-state index contributed by atoms with van der Waals surface area (Å²) in [5, 5.41) is 4.15. The van der Waals surface area contributed by atoms with Crippen molar-refractivity contribution < 1.29 is 4.79 Å². The first-order valence-corrected chi connectivity index (χ1v) is 10.4. The molecule has 27 heavy (non-hydrogen) atoms. The van der Waals surface area contributed by atoms with Crippen molar-refractivity contribution in [3.63, 3.8) is 0 Å². The molecule has 1 fully saturated rings. The van der Waals surface area contributed by atoms with Crippen LogP contribution in [0.3, 0.4) is 0 Å². The van der Waals surface area contributed by atoms with Gasteiger partial charge in [-0.05, 0) is 36.6 Å². The van der Waals surface area contributed by atoms with Gasteiger partial charge in [-0.1, -0.05) is 30.0 Å². The molecule has 0 bridgehead atoms. The van der Waals surface area contributed by atoms with Crippen molar-refractivity contribution in [2.45, 2.75) is 31.8 Å². The first kappa shape index (κ1) is 18.1. The molecule has 0 saturated heterocycles. The first-order chi connectivity index (χ1) is 13.2. The summed E-state index contributed by atoms with van der Waals surface area (Å²) < 4.78 is 2.87. The molecular formula is C20H20N4OS2. The van der Waals surface area contributed by atoms with E-state index >= 15 is 0 Å². The molecule has 3 heterocycles. The molecule has 0 aliphatic heterocycles. The molecule has 3 aromatic rings. The quantitative estimate of drug-likeness (QED) is 0.478. The third-order valence-corrected chi connectivity index (χ3v) is 5.86. The highest BCUT2D eigenvalue weighted by molar-refractivity contribution is 8.22. The van der Waals surface area contributed by atoms with E-state index in [0.717, 1.165) is 22.2 Å². The van der Waals surface area contributed by atoms with Gasteiger partial charge in [0.1, 0.15) is 9.97 Å². The minimum Gasteiger partial charge on any atom is -0.367 e. The highest BCUT2D eigenvalue weighted by Gasteiger charge is 2.27. The Morgan fingerprint density at radius 3 is 2.93 bits per heavy atom. The number of thioether (sulfide) groups is 1. The average Bonchev–Trinajstić information content (AvgIpc) is 3.47. The maximum Gasteiger partial charge on any atom is 0.165 e. The largest absolute Gasteiger partial charge is 0.367 e. The van der Waals surface area contributed by atoms with Gasteiger partial charge in [-0.25, -0.2) is 4.98 Å². The smallest absolute Gasteiger partial charge is 0.165 e. The van der Waals surface area contributed by atoms with Crippen LogP contribution in [0.5, 0.6) is 0 Å². The van der Waals surface area contributed by atoms with E-state index in [0.29, 0.717) is 29.1 Å². The van der Waals surface area contributed by atoms with Gasteiger partial charge in [0.2, 0.25) is 0 Å². The summed E-state index contributed by atoms with van der Waals surface area (Å²) >= 11 is 6.86. The van der Waals surface area contributed by atoms with E-state index in [1.165, 1.54) is 24.6 Å². The molecule has 0 atom stereocenters. The number of rotatable bonds is 7. The molecule has 0 radical (unpaired) electrons. The van der Waals surface area contributed by atoms with Gasteiger partial charge in [0.05, 0.1) is 0 Å². The fourth-order valence-electron chi connectivity index (χ4n) is 3.04. The lowest BCUT2D eigenvalue weighted by molar-refractivity contribution is 0.0991. The number of thiocarbonyl (C=S) groups is 1. The Kier molecular flexibility index (Phi) is 5.50. The van der Waals surface area contributed by atoms with E-state index in [4.69, 9.17) is 12.2 Å². The van der Waals surface area contributed by atoms with Gasteiger partial charge in [0.15, 0.2) is 5.78 Å². The maximum absolute atomic E-state index is 12.7. The van der Waals surface area contributed by atoms with Crippen LogP contribution in [0.4, 0.5) is 0 Å². The highest BCUT2D eigenvalue weighted by Crippen LogP contribution is 2.38.